The maximum atomic E-state index is 5.79. The van der Waals surface area contributed by atoms with Crippen LogP contribution in [0.2, 0.25) is 6.55 Å². The van der Waals surface area contributed by atoms with Crippen LogP contribution < -0.4 is 0 Å². The van der Waals surface area contributed by atoms with Gasteiger partial charge in [0.15, 0.2) is 0 Å². The Bertz CT molecular complexity index is 153. The molecule has 1 unspecified atom stereocenters. The summed E-state index contributed by atoms with van der Waals surface area (Å²) in [5.41, 5.74) is 0. The number of rotatable bonds is 10. The molecule has 0 fully saturated rings. The summed E-state index contributed by atoms with van der Waals surface area (Å²) in [6.45, 7) is 11.8. The number of hydrogen-bond donors (Lipinski definition) is 0. The first kappa shape index (κ1) is 16.2. The van der Waals surface area contributed by atoms with Crippen molar-refractivity contribution in [2.75, 3.05) is 26.4 Å². The minimum absolute atomic E-state index is 0.513. The average Bonchev–Trinajstić information content (AvgIpc) is 2.18. The minimum Gasteiger partial charge on any atom is -0.397 e. The van der Waals surface area contributed by atoms with E-state index in [4.69, 9.17) is 21.8 Å². The van der Waals surface area contributed by atoms with Crippen LogP contribution in [-0.2, 0) is 21.8 Å². The van der Waals surface area contributed by atoms with Gasteiger partial charge in [-0.2, -0.15) is 0 Å². The van der Waals surface area contributed by atoms with Crippen LogP contribution >= 0.6 is 0 Å². The zero-order valence-electron chi connectivity index (χ0n) is 10.9. The van der Waals surface area contributed by atoms with E-state index >= 15 is 0 Å². The normalized spacial score (nSPS) is 14.1. The lowest BCUT2D eigenvalue weighted by atomic mass is 10.9. The van der Waals surface area contributed by atoms with E-state index < -0.39 is 18.3 Å². The summed E-state index contributed by atoms with van der Waals surface area (Å²) in [4.78, 5) is 0. The second kappa shape index (κ2) is 9.28. The van der Waals surface area contributed by atoms with Crippen LogP contribution in [0.25, 0.3) is 0 Å². The first-order valence-electron chi connectivity index (χ1n) is 5.85. The smallest absolute Gasteiger partial charge is 0.397 e. The lowest BCUT2D eigenvalue weighted by molar-refractivity contribution is 0.00195. The van der Waals surface area contributed by atoms with Crippen LogP contribution in [-0.4, -0.2) is 44.8 Å². The molecule has 16 heavy (non-hydrogen) atoms. The molecular formula is C9H24O5Si2. The second-order valence-electron chi connectivity index (χ2n) is 2.94. The molecule has 0 aromatic carbocycles. The Hall–Kier alpha value is 0.234. The molecule has 0 N–H and O–H groups in total. The zero-order valence-corrected chi connectivity index (χ0v) is 13.1. The van der Waals surface area contributed by atoms with E-state index in [1.807, 2.05) is 34.2 Å². The molecule has 0 aliphatic rings. The predicted octanol–water partition coefficient (Wildman–Crippen LogP) is 1.43. The molecule has 0 radical (unpaired) electrons. The molecule has 0 aliphatic carbocycles. The fraction of sp³-hybridized carbons (Fsp3) is 1.00. The Morgan fingerprint density at radius 3 is 1.56 bits per heavy atom. The van der Waals surface area contributed by atoms with Gasteiger partial charge in [0.1, 0.15) is 0 Å². The van der Waals surface area contributed by atoms with Gasteiger partial charge in [0, 0.05) is 26.4 Å². The van der Waals surface area contributed by atoms with Crippen molar-refractivity contribution in [3.63, 3.8) is 0 Å². The van der Waals surface area contributed by atoms with E-state index in [2.05, 4.69) is 0 Å². The Morgan fingerprint density at radius 1 is 0.812 bits per heavy atom. The van der Waals surface area contributed by atoms with Crippen molar-refractivity contribution in [1.29, 1.82) is 0 Å². The largest absolute Gasteiger partial charge is 0.670 e. The number of hydrogen-bond acceptors (Lipinski definition) is 5. The van der Waals surface area contributed by atoms with Gasteiger partial charge in [-0.05, 0) is 34.2 Å². The van der Waals surface area contributed by atoms with Gasteiger partial charge in [0.25, 0.3) is 0 Å². The van der Waals surface area contributed by atoms with E-state index in [0.717, 1.165) is 0 Å². The molecule has 0 rings (SSSR count). The lowest BCUT2D eigenvalue weighted by Gasteiger charge is -2.29. The van der Waals surface area contributed by atoms with E-state index in [0.29, 0.717) is 26.4 Å². The first-order valence-corrected chi connectivity index (χ1v) is 9.58. The van der Waals surface area contributed by atoms with Gasteiger partial charge in [0.2, 0.25) is 0 Å². The van der Waals surface area contributed by atoms with Gasteiger partial charge in [-0.15, -0.1) is 0 Å². The summed E-state index contributed by atoms with van der Waals surface area (Å²) >= 11 is 0. The highest BCUT2D eigenvalue weighted by atomic mass is 28.5. The van der Waals surface area contributed by atoms with Crippen molar-refractivity contribution in [2.24, 2.45) is 0 Å². The summed E-state index contributed by atoms with van der Waals surface area (Å²) in [6, 6.07) is 0. The summed E-state index contributed by atoms with van der Waals surface area (Å²) in [7, 11) is -4.69. The summed E-state index contributed by atoms with van der Waals surface area (Å²) in [5, 5.41) is 0. The molecule has 98 valence electrons. The molecule has 0 spiro atoms. The standard InChI is InChI=1S/C9H24O5Si2/c1-6-10-15(5)14-16(11-7-2,12-8-3)13-9-4/h15H,6-9H2,1-5H3. The minimum atomic E-state index is -2.96. The molecule has 7 heteroatoms. The van der Waals surface area contributed by atoms with Crippen molar-refractivity contribution < 1.29 is 21.8 Å². The van der Waals surface area contributed by atoms with E-state index in [1.54, 1.807) is 0 Å². The van der Waals surface area contributed by atoms with Crippen LogP contribution in [0.5, 0.6) is 0 Å². The molecule has 5 nitrogen and oxygen atoms in total. The van der Waals surface area contributed by atoms with Crippen molar-refractivity contribution in [3.8, 4) is 0 Å². The van der Waals surface area contributed by atoms with Crippen molar-refractivity contribution in [1.82, 2.24) is 0 Å². The third-order valence-corrected chi connectivity index (χ3v) is 6.89. The molecule has 0 aliphatic heterocycles. The van der Waals surface area contributed by atoms with Gasteiger partial charge < -0.3 is 21.8 Å². The predicted molar refractivity (Wildman–Crippen MR) is 66.4 cm³/mol. The zero-order chi connectivity index (χ0) is 12.4. The van der Waals surface area contributed by atoms with E-state index in [-0.39, 0.29) is 0 Å². The van der Waals surface area contributed by atoms with Gasteiger partial charge >= 0.3 is 18.3 Å². The van der Waals surface area contributed by atoms with Crippen LogP contribution in [0.15, 0.2) is 0 Å². The van der Waals surface area contributed by atoms with Gasteiger partial charge in [0.05, 0.1) is 0 Å². The van der Waals surface area contributed by atoms with Crippen LogP contribution in [0.1, 0.15) is 27.7 Å². The Kier molecular flexibility index (Phi) is 9.42. The van der Waals surface area contributed by atoms with E-state index in [1.165, 1.54) is 0 Å². The van der Waals surface area contributed by atoms with Crippen molar-refractivity contribution in [2.45, 2.75) is 34.2 Å². The summed E-state index contributed by atoms with van der Waals surface area (Å²) < 4.78 is 27.9. The molecule has 0 aromatic heterocycles. The molecule has 0 bridgehead atoms. The molecular weight excluding hydrogens is 244 g/mol. The SMILES string of the molecule is CCO[SiH](C)O[Si](OCC)(OCC)OCC. The Balaban J connectivity index is 4.44. The summed E-state index contributed by atoms with van der Waals surface area (Å²) in [5.74, 6) is 0. The highest BCUT2D eigenvalue weighted by Gasteiger charge is 2.46. The van der Waals surface area contributed by atoms with Gasteiger partial charge in [-0.1, -0.05) is 0 Å². The topological polar surface area (TPSA) is 46.2 Å². The fourth-order valence-electron chi connectivity index (χ4n) is 1.23. The van der Waals surface area contributed by atoms with E-state index in [9.17, 15) is 0 Å². The summed E-state index contributed by atoms with van der Waals surface area (Å²) in [6.07, 6.45) is 0. The molecule has 0 heterocycles. The Labute approximate surface area is 101 Å². The molecule has 0 amide bonds. The van der Waals surface area contributed by atoms with Crippen molar-refractivity contribution >= 4 is 18.3 Å². The van der Waals surface area contributed by atoms with Crippen LogP contribution in [0.4, 0.5) is 0 Å². The maximum absolute atomic E-state index is 5.79. The lowest BCUT2D eigenvalue weighted by Crippen LogP contribution is -2.52. The average molecular weight is 268 g/mol. The Morgan fingerprint density at radius 2 is 1.25 bits per heavy atom. The van der Waals surface area contributed by atoms with Gasteiger partial charge in [-0.25, -0.2) is 0 Å². The maximum Gasteiger partial charge on any atom is 0.670 e. The molecule has 1 atom stereocenters. The van der Waals surface area contributed by atoms with Gasteiger partial charge in [-0.3, -0.25) is 0 Å². The molecule has 0 saturated heterocycles. The van der Waals surface area contributed by atoms with Crippen LogP contribution in [0.3, 0.4) is 0 Å². The third-order valence-electron chi connectivity index (χ3n) is 1.68. The highest BCUT2D eigenvalue weighted by molar-refractivity contribution is 6.63. The third kappa shape index (κ3) is 6.09. The second-order valence-corrected chi connectivity index (χ2v) is 7.22. The molecule has 0 aromatic rings. The highest BCUT2D eigenvalue weighted by Crippen LogP contribution is 2.13. The fourth-order valence-corrected chi connectivity index (χ4v) is 5.72. The van der Waals surface area contributed by atoms with Crippen molar-refractivity contribution in [3.05, 3.63) is 0 Å². The monoisotopic (exact) mass is 268 g/mol. The quantitative estimate of drug-likeness (QED) is 0.561. The first-order chi connectivity index (χ1) is 7.64. The van der Waals surface area contributed by atoms with Crippen LogP contribution in [0, 0.1) is 0 Å². The molecule has 0 saturated carbocycles.